The normalized spacial score (nSPS) is 12.4. The Morgan fingerprint density at radius 1 is 0.975 bits per heavy atom. The van der Waals surface area contributed by atoms with Crippen LogP contribution in [0.25, 0.3) is 0 Å². The lowest BCUT2D eigenvalue weighted by Crippen LogP contribution is -2.54. The van der Waals surface area contributed by atoms with E-state index in [1.165, 1.54) is 29.2 Å². The highest BCUT2D eigenvalue weighted by Gasteiger charge is 2.33. The van der Waals surface area contributed by atoms with Crippen LogP contribution in [0.3, 0.4) is 0 Å². The van der Waals surface area contributed by atoms with E-state index in [2.05, 4.69) is 5.32 Å². The summed E-state index contributed by atoms with van der Waals surface area (Å²) in [5.74, 6) is -0.231. The lowest BCUT2D eigenvalue weighted by Gasteiger charge is -2.33. The molecule has 0 unspecified atom stereocenters. The van der Waals surface area contributed by atoms with E-state index in [0.717, 1.165) is 9.87 Å². The van der Waals surface area contributed by atoms with E-state index >= 15 is 0 Å². The molecular weight excluding hydrogens is 550 g/mol. The molecule has 0 radical (unpaired) electrons. The van der Waals surface area contributed by atoms with Crippen LogP contribution in [0.15, 0.2) is 77.7 Å². The number of carbonyl (C=O) groups excluding carboxylic acids is 2. The Balaban J connectivity index is 2.04. The predicted octanol–water partition coefficient (Wildman–Crippen LogP) is 5.18. The summed E-state index contributed by atoms with van der Waals surface area (Å²) < 4.78 is 34.1. The second-order valence-electron chi connectivity index (χ2n) is 10.5. The van der Waals surface area contributed by atoms with E-state index < -0.39 is 34.1 Å². The van der Waals surface area contributed by atoms with Gasteiger partial charge in [0.2, 0.25) is 11.8 Å². The van der Waals surface area contributed by atoms with Crippen LogP contribution in [-0.2, 0) is 26.2 Å². The number of amides is 2. The van der Waals surface area contributed by atoms with Gasteiger partial charge < -0.3 is 15.0 Å². The van der Waals surface area contributed by atoms with Crippen LogP contribution in [0, 0.1) is 6.92 Å². The summed E-state index contributed by atoms with van der Waals surface area (Å²) >= 11 is 6.00. The minimum absolute atomic E-state index is 0.00631. The van der Waals surface area contributed by atoms with Crippen LogP contribution in [-0.4, -0.2) is 50.4 Å². The van der Waals surface area contributed by atoms with Crippen molar-refractivity contribution in [1.82, 2.24) is 10.2 Å². The average Bonchev–Trinajstić information content (AvgIpc) is 2.90. The molecule has 0 bridgehead atoms. The van der Waals surface area contributed by atoms with E-state index in [0.29, 0.717) is 22.0 Å². The molecular formula is C30H36ClN3O5S. The van der Waals surface area contributed by atoms with Gasteiger partial charge in [0, 0.05) is 17.1 Å². The highest BCUT2D eigenvalue weighted by atomic mass is 35.5. The first-order chi connectivity index (χ1) is 18.7. The van der Waals surface area contributed by atoms with Gasteiger partial charge in [-0.2, -0.15) is 0 Å². The lowest BCUT2D eigenvalue weighted by molar-refractivity contribution is -0.140. The summed E-state index contributed by atoms with van der Waals surface area (Å²) in [7, 11) is -2.61. The fourth-order valence-corrected chi connectivity index (χ4v) is 5.68. The standard InChI is InChI=1S/C30H36ClN3O5S/c1-21-9-7-8-10-27(21)34(40(37,38)26-17-13-24(31)14-18-26)20-28(35)33(22(2)29(36)32-30(3,4)5)19-23-11-15-25(39-6)16-12-23/h7-18,22H,19-20H2,1-6H3,(H,32,36)/t22-/m1/s1. The topological polar surface area (TPSA) is 96.0 Å². The van der Waals surface area contributed by atoms with Crippen molar-refractivity contribution in [2.24, 2.45) is 0 Å². The molecule has 3 aromatic carbocycles. The van der Waals surface area contributed by atoms with Crippen LogP contribution >= 0.6 is 11.6 Å². The molecule has 0 aliphatic carbocycles. The van der Waals surface area contributed by atoms with E-state index in [9.17, 15) is 18.0 Å². The van der Waals surface area contributed by atoms with Crippen LogP contribution in [0.4, 0.5) is 5.69 Å². The van der Waals surface area contributed by atoms with Crippen LogP contribution in [0.5, 0.6) is 5.75 Å². The summed E-state index contributed by atoms with van der Waals surface area (Å²) in [5, 5.41) is 3.31. The molecule has 1 atom stereocenters. The third kappa shape index (κ3) is 7.76. The molecule has 0 saturated heterocycles. The first-order valence-corrected chi connectivity index (χ1v) is 14.6. The number of hydrogen-bond acceptors (Lipinski definition) is 5. The maximum Gasteiger partial charge on any atom is 0.264 e. The Morgan fingerprint density at radius 2 is 1.57 bits per heavy atom. The molecule has 40 heavy (non-hydrogen) atoms. The Morgan fingerprint density at radius 3 is 2.12 bits per heavy atom. The number of anilines is 1. The Bertz CT molecular complexity index is 1440. The van der Waals surface area contributed by atoms with Crippen LogP contribution < -0.4 is 14.4 Å². The van der Waals surface area contributed by atoms with Crippen molar-refractivity contribution in [2.45, 2.75) is 57.6 Å². The van der Waals surface area contributed by atoms with Gasteiger partial charge in [-0.05, 0) is 88.2 Å². The third-order valence-corrected chi connectivity index (χ3v) is 8.27. The molecule has 0 fully saturated rings. The van der Waals surface area contributed by atoms with E-state index in [4.69, 9.17) is 16.3 Å². The number of rotatable bonds is 10. The number of hydrogen-bond donors (Lipinski definition) is 1. The molecule has 0 heterocycles. The number of methoxy groups -OCH3 is 1. The summed E-state index contributed by atoms with van der Waals surface area (Å²) in [6, 6.07) is 19.0. The van der Waals surface area contributed by atoms with Gasteiger partial charge in [-0.3, -0.25) is 13.9 Å². The van der Waals surface area contributed by atoms with Crippen molar-refractivity contribution in [3.63, 3.8) is 0 Å². The van der Waals surface area contributed by atoms with Gasteiger partial charge >= 0.3 is 0 Å². The molecule has 3 rings (SSSR count). The van der Waals surface area contributed by atoms with Gasteiger partial charge in [-0.1, -0.05) is 41.9 Å². The zero-order valence-corrected chi connectivity index (χ0v) is 25.2. The number of aryl methyl sites for hydroxylation is 1. The molecule has 0 saturated carbocycles. The first-order valence-electron chi connectivity index (χ1n) is 12.8. The smallest absolute Gasteiger partial charge is 0.264 e. The number of benzene rings is 3. The van der Waals surface area contributed by atoms with E-state index in [-0.39, 0.29) is 17.3 Å². The second-order valence-corrected chi connectivity index (χ2v) is 12.8. The maximum atomic E-state index is 14.0. The minimum Gasteiger partial charge on any atom is -0.497 e. The van der Waals surface area contributed by atoms with Crippen molar-refractivity contribution in [3.05, 3.63) is 88.9 Å². The van der Waals surface area contributed by atoms with Gasteiger partial charge in [0.1, 0.15) is 18.3 Å². The quantitative estimate of drug-likeness (QED) is 0.353. The van der Waals surface area contributed by atoms with Gasteiger partial charge in [0.05, 0.1) is 17.7 Å². The van der Waals surface area contributed by atoms with Gasteiger partial charge in [0.15, 0.2) is 0 Å². The van der Waals surface area contributed by atoms with Crippen LogP contribution in [0.2, 0.25) is 5.02 Å². The Hall–Kier alpha value is -3.56. The molecule has 10 heteroatoms. The zero-order chi connectivity index (χ0) is 29.7. The zero-order valence-electron chi connectivity index (χ0n) is 23.6. The highest BCUT2D eigenvalue weighted by Crippen LogP contribution is 2.28. The number of sulfonamides is 1. The lowest BCUT2D eigenvalue weighted by atomic mass is 10.1. The minimum atomic E-state index is -4.17. The molecule has 0 aliphatic rings. The number of nitrogens with zero attached hydrogens (tertiary/aromatic N) is 2. The fraction of sp³-hybridized carbons (Fsp3) is 0.333. The van der Waals surface area contributed by atoms with Crippen LogP contribution in [0.1, 0.15) is 38.8 Å². The number of halogens is 1. The van der Waals surface area contributed by atoms with Crippen molar-refractivity contribution in [1.29, 1.82) is 0 Å². The summed E-state index contributed by atoms with van der Waals surface area (Å²) in [5.41, 5.74) is 1.27. The number of nitrogens with one attached hydrogen (secondary N) is 1. The summed E-state index contributed by atoms with van der Waals surface area (Å²) in [6.45, 7) is 8.54. The Labute approximate surface area is 241 Å². The highest BCUT2D eigenvalue weighted by molar-refractivity contribution is 7.92. The second kappa shape index (κ2) is 12.7. The number of para-hydroxylation sites is 1. The molecule has 214 valence electrons. The Kier molecular flexibility index (Phi) is 9.87. The molecule has 3 aromatic rings. The SMILES string of the molecule is COc1ccc(CN(C(=O)CN(c2ccccc2C)S(=O)(=O)c2ccc(Cl)cc2)[C@H](C)C(=O)NC(C)(C)C)cc1. The largest absolute Gasteiger partial charge is 0.497 e. The molecule has 0 aromatic heterocycles. The van der Waals surface area contributed by atoms with Crippen molar-refractivity contribution < 1.29 is 22.7 Å². The molecule has 2 amide bonds. The fourth-order valence-electron chi connectivity index (χ4n) is 4.07. The first kappa shape index (κ1) is 31.0. The summed E-state index contributed by atoms with van der Waals surface area (Å²) in [6.07, 6.45) is 0. The van der Waals surface area contributed by atoms with Crippen molar-refractivity contribution in [3.8, 4) is 5.75 Å². The average molecular weight is 586 g/mol. The molecule has 1 N–H and O–H groups in total. The number of ether oxygens (including phenoxy) is 1. The maximum absolute atomic E-state index is 14.0. The van der Waals surface area contributed by atoms with Gasteiger partial charge in [-0.25, -0.2) is 8.42 Å². The van der Waals surface area contributed by atoms with Crippen molar-refractivity contribution in [2.75, 3.05) is 18.0 Å². The predicted molar refractivity (Wildman–Crippen MR) is 158 cm³/mol. The molecule has 0 aliphatic heterocycles. The van der Waals surface area contributed by atoms with Crippen molar-refractivity contribution >= 4 is 39.1 Å². The third-order valence-electron chi connectivity index (χ3n) is 6.24. The van der Waals surface area contributed by atoms with Gasteiger partial charge in [0.25, 0.3) is 10.0 Å². The summed E-state index contributed by atoms with van der Waals surface area (Å²) in [4.78, 5) is 28.6. The number of carbonyl (C=O) groups is 2. The molecule has 8 nitrogen and oxygen atoms in total. The molecule has 0 spiro atoms. The van der Waals surface area contributed by atoms with E-state index in [1.807, 2.05) is 20.8 Å². The van der Waals surface area contributed by atoms with E-state index in [1.54, 1.807) is 69.5 Å². The monoisotopic (exact) mass is 585 g/mol. The van der Waals surface area contributed by atoms with Gasteiger partial charge in [-0.15, -0.1) is 0 Å².